The van der Waals surface area contributed by atoms with Crippen molar-refractivity contribution < 1.29 is 28.6 Å². The Bertz CT molecular complexity index is 489. The third kappa shape index (κ3) is 1.44. The van der Waals surface area contributed by atoms with Gasteiger partial charge in [-0.1, -0.05) is 6.08 Å². The van der Waals surface area contributed by atoms with Crippen LogP contribution in [-0.2, 0) is 0 Å². The minimum atomic E-state index is 0. The van der Waals surface area contributed by atoms with Gasteiger partial charge in [-0.05, 0) is 12.2 Å². The molecule has 4 aliphatic rings. The maximum absolute atomic E-state index is 4.65. The Balaban J connectivity index is 0.000001000. The molecule has 0 saturated carbocycles. The average molecular weight is 357 g/mol. The number of halogens is 1. The second-order valence-corrected chi connectivity index (χ2v) is 4.80. The fourth-order valence-electron chi connectivity index (χ4n) is 3.06. The van der Waals surface area contributed by atoms with E-state index in [1.54, 1.807) is 0 Å². The maximum atomic E-state index is 4.65. The van der Waals surface area contributed by atoms with Crippen LogP contribution in [-0.4, -0.2) is 70.6 Å². The number of guanidine groups is 2. The summed E-state index contributed by atoms with van der Waals surface area (Å²) in [5.41, 5.74) is 0. The molecule has 0 aromatic rings. The van der Waals surface area contributed by atoms with Crippen LogP contribution in [0.25, 0.3) is 0 Å². The summed E-state index contributed by atoms with van der Waals surface area (Å²) in [6, 6.07) is 0. The van der Waals surface area contributed by atoms with E-state index in [2.05, 4.69) is 55.7 Å². The van der Waals surface area contributed by atoms with E-state index in [1.165, 1.54) is 5.96 Å². The molecule has 1 fully saturated rings. The molecule has 4 aliphatic heterocycles. The molecule has 6 heteroatoms. The highest BCUT2D eigenvalue weighted by atomic mass is 127. The number of hydrogen-bond donors (Lipinski definition) is 0. The van der Waals surface area contributed by atoms with E-state index in [0.717, 1.165) is 32.1 Å². The molecule has 0 aliphatic carbocycles. The molecular weight excluding hydrogens is 341 g/mol. The van der Waals surface area contributed by atoms with Gasteiger partial charge in [0, 0.05) is 6.20 Å². The summed E-state index contributed by atoms with van der Waals surface area (Å²) in [4.78, 5) is 11.7. The Morgan fingerprint density at radius 1 is 1.33 bits per heavy atom. The lowest BCUT2D eigenvalue weighted by Crippen LogP contribution is -3.00. The normalized spacial score (nSPS) is 27.9. The standard InChI is InChI=1S/C12H16N5.HI/c1-14-8-9-16-10-4-2-3-6-15(10)11-13-5-7-17(11)12(14)16;/h2-4,6,10H,5,7-9H2,1H3;1H/q+1;/p-1/t10-;/m0./s1. The third-order valence-corrected chi connectivity index (χ3v) is 3.81. The molecule has 0 aromatic carbocycles. The summed E-state index contributed by atoms with van der Waals surface area (Å²) < 4.78 is 2.34. The Hall–Kier alpha value is -1.05. The molecule has 4 heterocycles. The number of likely N-dealkylation sites (N-methyl/N-ethyl adjacent to an activating group) is 1. The van der Waals surface area contributed by atoms with Crippen LogP contribution >= 0.6 is 0 Å². The monoisotopic (exact) mass is 357 g/mol. The van der Waals surface area contributed by atoms with Gasteiger partial charge in [0.05, 0.1) is 33.2 Å². The molecule has 18 heavy (non-hydrogen) atoms. The van der Waals surface area contributed by atoms with Crippen molar-refractivity contribution in [3.8, 4) is 0 Å². The van der Waals surface area contributed by atoms with Crippen molar-refractivity contribution in [3.63, 3.8) is 0 Å². The maximum Gasteiger partial charge on any atom is 0.360 e. The predicted octanol–water partition coefficient (Wildman–Crippen LogP) is -3.30. The minimum absolute atomic E-state index is 0. The molecule has 0 unspecified atom stereocenters. The largest absolute Gasteiger partial charge is 1.00 e. The smallest absolute Gasteiger partial charge is 0.360 e. The highest BCUT2D eigenvalue weighted by molar-refractivity contribution is 6.01. The van der Waals surface area contributed by atoms with Crippen LogP contribution in [0.5, 0.6) is 0 Å². The number of aliphatic imine (C=N–C) groups is 1. The molecule has 4 rings (SSSR count). The van der Waals surface area contributed by atoms with Gasteiger partial charge in [-0.3, -0.25) is 9.48 Å². The van der Waals surface area contributed by atoms with E-state index >= 15 is 0 Å². The van der Waals surface area contributed by atoms with E-state index in [1.807, 2.05) is 0 Å². The molecule has 0 bridgehead atoms. The highest BCUT2D eigenvalue weighted by Gasteiger charge is 2.50. The van der Waals surface area contributed by atoms with Gasteiger partial charge in [-0.25, -0.2) is 9.89 Å². The van der Waals surface area contributed by atoms with Gasteiger partial charge in [-0.2, -0.15) is 4.90 Å². The molecular formula is C12H16IN5. The first-order chi connectivity index (χ1) is 8.36. The van der Waals surface area contributed by atoms with Crippen LogP contribution in [0.2, 0.25) is 0 Å². The lowest BCUT2D eigenvalue weighted by atomic mass is 10.2. The van der Waals surface area contributed by atoms with E-state index in [9.17, 15) is 0 Å². The van der Waals surface area contributed by atoms with Crippen LogP contribution in [0.1, 0.15) is 0 Å². The van der Waals surface area contributed by atoms with Gasteiger partial charge in [0.15, 0.2) is 6.17 Å². The van der Waals surface area contributed by atoms with Crippen LogP contribution in [0, 0.1) is 0 Å². The minimum Gasteiger partial charge on any atom is -1.00 e. The Morgan fingerprint density at radius 3 is 3.11 bits per heavy atom. The zero-order valence-corrected chi connectivity index (χ0v) is 12.5. The molecule has 1 atom stereocenters. The Kier molecular flexibility index (Phi) is 2.84. The quantitative estimate of drug-likeness (QED) is 0.336. The summed E-state index contributed by atoms with van der Waals surface area (Å²) in [7, 11) is 2.17. The summed E-state index contributed by atoms with van der Waals surface area (Å²) in [6.45, 7) is 4.10. The zero-order valence-electron chi connectivity index (χ0n) is 10.3. The first-order valence-electron chi connectivity index (χ1n) is 6.16. The van der Waals surface area contributed by atoms with E-state index in [4.69, 9.17) is 0 Å². The van der Waals surface area contributed by atoms with Gasteiger partial charge in [0.25, 0.3) is 5.96 Å². The highest BCUT2D eigenvalue weighted by Crippen LogP contribution is 2.26. The number of allylic oxidation sites excluding steroid dienone is 2. The molecule has 0 radical (unpaired) electrons. The molecule has 0 aromatic heterocycles. The van der Waals surface area contributed by atoms with Gasteiger partial charge in [-0.15, -0.1) is 0 Å². The SMILES string of the molecule is C[N+]1=C2N3CCN=C3N3C=CC=C[C@@H]3N2CC1.[I-]. The van der Waals surface area contributed by atoms with Crippen LogP contribution in [0.15, 0.2) is 29.4 Å². The van der Waals surface area contributed by atoms with Crippen LogP contribution < -0.4 is 24.0 Å². The van der Waals surface area contributed by atoms with Crippen LogP contribution in [0.3, 0.4) is 0 Å². The van der Waals surface area contributed by atoms with Crippen LogP contribution in [0.4, 0.5) is 0 Å². The lowest BCUT2D eigenvalue weighted by molar-refractivity contribution is -0.491. The molecule has 1 saturated heterocycles. The van der Waals surface area contributed by atoms with Crippen molar-refractivity contribution in [2.24, 2.45) is 4.99 Å². The molecule has 0 N–H and O–H groups in total. The second kappa shape index (κ2) is 4.25. The average Bonchev–Trinajstić information content (AvgIpc) is 2.96. The molecule has 0 amide bonds. The summed E-state index contributed by atoms with van der Waals surface area (Å²) in [5.74, 6) is 2.43. The number of nitrogens with zero attached hydrogens (tertiary/aromatic N) is 5. The van der Waals surface area contributed by atoms with Crippen molar-refractivity contribution >= 4 is 11.9 Å². The molecule has 5 nitrogen and oxygen atoms in total. The summed E-state index contributed by atoms with van der Waals surface area (Å²) in [5, 5.41) is 0. The number of hydrogen-bond acceptors (Lipinski definition) is 4. The zero-order chi connectivity index (χ0) is 11.4. The topological polar surface area (TPSA) is 25.1 Å². The Labute approximate surface area is 124 Å². The Morgan fingerprint density at radius 2 is 2.22 bits per heavy atom. The molecule has 0 spiro atoms. The third-order valence-electron chi connectivity index (χ3n) is 3.81. The van der Waals surface area contributed by atoms with Gasteiger partial charge in [0.1, 0.15) is 0 Å². The second-order valence-electron chi connectivity index (χ2n) is 4.80. The lowest BCUT2D eigenvalue weighted by Gasteiger charge is -2.40. The van der Waals surface area contributed by atoms with Gasteiger partial charge >= 0.3 is 5.96 Å². The first kappa shape index (κ1) is 12.0. The van der Waals surface area contributed by atoms with Crippen molar-refractivity contribution in [2.45, 2.75) is 6.17 Å². The fraction of sp³-hybridized carbons (Fsp3) is 0.500. The van der Waals surface area contributed by atoms with E-state index < -0.39 is 0 Å². The van der Waals surface area contributed by atoms with Crippen molar-refractivity contribution in [3.05, 3.63) is 24.4 Å². The van der Waals surface area contributed by atoms with Crippen molar-refractivity contribution in [1.82, 2.24) is 14.7 Å². The predicted molar refractivity (Wildman–Crippen MR) is 65.7 cm³/mol. The fourth-order valence-corrected chi connectivity index (χ4v) is 3.06. The number of fused-ring (bicyclic) bond motifs is 6. The van der Waals surface area contributed by atoms with Crippen molar-refractivity contribution in [1.29, 1.82) is 0 Å². The number of rotatable bonds is 0. The summed E-state index contributed by atoms with van der Waals surface area (Å²) in [6.07, 6.45) is 8.91. The first-order valence-corrected chi connectivity index (χ1v) is 6.16. The van der Waals surface area contributed by atoms with E-state index in [-0.39, 0.29) is 24.0 Å². The van der Waals surface area contributed by atoms with Crippen molar-refractivity contribution in [2.75, 3.05) is 33.2 Å². The summed E-state index contributed by atoms with van der Waals surface area (Å²) >= 11 is 0. The van der Waals surface area contributed by atoms with Gasteiger partial charge < -0.3 is 24.0 Å². The molecule has 96 valence electrons. The van der Waals surface area contributed by atoms with E-state index in [0.29, 0.717) is 6.17 Å². The van der Waals surface area contributed by atoms with Gasteiger partial charge in [0.2, 0.25) is 0 Å².